The molecule has 40 heavy (non-hydrogen) atoms. The number of anilines is 1. The fraction of sp³-hybridized carbons (Fsp3) is 0.441. The third kappa shape index (κ3) is 6.06. The fourth-order valence-corrected chi connectivity index (χ4v) is 6.55. The number of aromatic nitrogens is 1. The lowest BCUT2D eigenvalue weighted by molar-refractivity contribution is -0.146. The molecular formula is C34H41N3O3. The summed E-state index contributed by atoms with van der Waals surface area (Å²) in [4.78, 5) is 33.2. The van der Waals surface area contributed by atoms with Crippen molar-refractivity contribution in [3.8, 4) is 11.1 Å². The first-order valence-corrected chi connectivity index (χ1v) is 14.6. The smallest absolute Gasteiger partial charge is 0.310 e. The molecule has 0 bridgehead atoms. The topological polar surface area (TPSA) is 71.5 Å². The van der Waals surface area contributed by atoms with Crippen LogP contribution in [0.1, 0.15) is 78.8 Å². The highest BCUT2D eigenvalue weighted by Crippen LogP contribution is 2.49. The van der Waals surface area contributed by atoms with Crippen molar-refractivity contribution in [1.29, 1.82) is 0 Å². The molecule has 2 heterocycles. The van der Waals surface area contributed by atoms with Gasteiger partial charge in [-0.05, 0) is 75.6 Å². The van der Waals surface area contributed by atoms with Gasteiger partial charge in [-0.1, -0.05) is 55.3 Å². The summed E-state index contributed by atoms with van der Waals surface area (Å²) in [6.45, 7) is 10.3. The van der Waals surface area contributed by atoms with Crippen LogP contribution in [-0.2, 0) is 22.5 Å². The van der Waals surface area contributed by atoms with E-state index in [9.17, 15) is 9.59 Å². The number of nitrogens with zero attached hydrogens (tertiary/aromatic N) is 2. The molecule has 2 aromatic carbocycles. The molecule has 210 valence electrons. The quantitative estimate of drug-likeness (QED) is 0.328. The zero-order valence-corrected chi connectivity index (χ0v) is 24.3. The van der Waals surface area contributed by atoms with Crippen molar-refractivity contribution in [3.63, 3.8) is 0 Å². The van der Waals surface area contributed by atoms with Gasteiger partial charge in [0, 0.05) is 47.7 Å². The summed E-state index contributed by atoms with van der Waals surface area (Å²) < 4.78 is 5.56. The Morgan fingerprint density at radius 1 is 0.975 bits per heavy atom. The van der Waals surface area contributed by atoms with Crippen LogP contribution in [0.2, 0.25) is 0 Å². The third-order valence-corrected chi connectivity index (χ3v) is 8.50. The second-order valence-electron chi connectivity index (χ2n) is 11.8. The lowest BCUT2D eigenvalue weighted by Crippen LogP contribution is -2.28. The van der Waals surface area contributed by atoms with Crippen LogP contribution in [0.25, 0.3) is 11.1 Å². The molecule has 0 unspecified atom stereocenters. The maximum absolute atomic E-state index is 12.9. The van der Waals surface area contributed by atoms with Gasteiger partial charge in [0.25, 0.3) is 5.91 Å². The number of aryl methyl sites for hydroxylation is 2. The molecule has 1 aliphatic heterocycles. The number of benzene rings is 2. The number of nitrogens with one attached hydrogen (secondary N) is 1. The van der Waals surface area contributed by atoms with Crippen LogP contribution < -0.4 is 10.2 Å². The number of rotatable bonds is 8. The maximum Gasteiger partial charge on any atom is 0.310 e. The average molecular weight is 540 g/mol. The molecule has 0 atom stereocenters. The van der Waals surface area contributed by atoms with Crippen LogP contribution in [0.3, 0.4) is 0 Å². The predicted octanol–water partition coefficient (Wildman–Crippen LogP) is 6.56. The molecule has 1 amide bonds. The summed E-state index contributed by atoms with van der Waals surface area (Å²) in [7, 11) is 0. The zero-order chi connectivity index (χ0) is 28.3. The number of hydrogen-bond acceptors (Lipinski definition) is 5. The third-order valence-electron chi connectivity index (χ3n) is 8.50. The molecule has 1 saturated heterocycles. The van der Waals surface area contributed by atoms with Crippen molar-refractivity contribution in [2.45, 2.75) is 78.9 Å². The van der Waals surface area contributed by atoms with Gasteiger partial charge in [-0.15, -0.1) is 0 Å². The van der Waals surface area contributed by atoms with Gasteiger partial charge in [-0.25, -0.2) is 0 Å². The van der Waals surface area contributed by atoms with E-state index in [-0.39, 0.29) is 24.4 Å². The van der Waals surface area contributed by atoms with Crippen LogP contribution in [0, 0.1) is 19.3 Å². The normalized spacial score (nSPS) is 16.1. The zero-order valence-electron chi connectivity index (χ0n) is 24.3. The Morgan fingerprint density at radius 3 is 2.35 bits per heavy atom. The van der Waals surface area contributed by atoms with E-state index in [0.717, 1.165) is 52.4 Å². The fourth-order valence-electron chi connectivity index (χ4n) is 6.55. The summed E-state index contributed by atoms with van der Waals surface area (Å²) >= 11 is 0. The lowest BCUT2D eigenvalue weighted by atomic mass is 9.85. The molecule has 3 aromatic rings. The summed E-state index contributed by atoms with van der Waals surface area (Å²) in [5, 5.41) is 3.01. The van der Waals surface area contributed by atoms with Gasteiger partial charge in [-0.3, -0.25) is 14.6 Å². The average Bonchev–Trinajstić information content (AvgIpc) is 3.58. The van der Waals surface area contributed by atoms with Gasteiger partial charge in [0.1, 0.15) is 0 Å². The van der Waals surface area contributed by atoms with E-state index in [1.165, 1.54) is 32.1 Å². The van der Waals surface area contributed by atoms with E-state index in [1.54, 1.807) is 0 Å². The molecule has 1 aromatic heterocycles. The SMILES string of the molecule is Cc1nc(C)c(-c2ccc(C(=O)NCc3ccccc3)cc2)c(N2CCC3(CCCC3)C2)c1CC(=O)OC(C)C. The minimum Gasteiger partial charge on any atom is -0.463 e. The highest BCUT2D eigenvalue weighted by molar-refractivity contribution is 5.95. The maximum atomic E-state index is 12.9. The Kier molecular flexibility index (Phi) is 8.24. The Hall–Kier alpha value is -3.67. The first kappa shape index (κ1) is 27.9. The van der Waals surface area contributed by atoms with Crippen LogP contribution in [0.4, 0.5) is 5.69 Å². The first-order chi connectivity index (χ1) is 19.2. The highest BCUT2D eigenvalue weighted by Gasteiger charge is 2.41. The molecule has 5 rings (SSSR count). The van der Waals surface area contributed by atoms with Crippen LogP contribution >= 0.6 is 0 Å². The Bertz CT molecular complexity index is 1360. The molecule has 1 saturated carbocycles. The van der Waals surface area contributed by atoms with E-state index in [0.29, 0.717) is 17.5 Å². The number of carbonyl (C=O) groups excluding carboxylic acids is 2. The van der Waals surface area contributed by atoms with E-state index in [2.05, 4.69) is 10.2 Å². The number of carbonyl (C=O) groups is 2. The van der Waals surface area contributed by atoms with Crippen LogP contribution in [0.15, 0.2) is 54.6 Å². The standard InChI is InChI=1S/C34H41N3O3/c1-23(2)40-30(38)20-29-24(3)36-25(4)31(32(29)37-19-18-34(22-37)16-8-9-17-34)27-12-14-28(15-13-27)33(39)35-21-26-10-6-5-7-11-26/h5-7,10-15,23H,8-9,16-22H2,1-4H3,(H,35,39). The Morgan fingerprint density at radius 2 is 1.68 bits per heavy atom. The van der Waals surface area contributed by atoms with Crippen molar-refractivity contribution >= 4 is 17.6 Å². The minimum atomic E-state index is -0.226. The molecule has 6 heteroatoms. The summed E-state index contributed by atoms with van der Waals surface area (Å²) in [6, 6.07) is 17.7. The van der Waals surface area contributed by atoms with Crippen molar-refractivity contribution in [1.82, 2.24) is 10.3 Å². The molecule has 0 radical (unpaired) electrons. The molecular weight excluding hydrogens is 498 g/mol. The molecule has 2 fully saturated rings. The molecule has 1 spiro atoms. The van der Waals surface area contributed by atoms with Gasteiger partial charge in [0.15, 0.2) is 0 Å². The number of amides is 1. The molecule has 2 aliphatic rings. The van der Waals surface area contributed by atoms with Gasteiger partial charge in [0.05, 0.1) is 18.2 Å². The van der Waals surface area contributed by atoms with E-state index >= 15 is 0 Å². The second kappa shape index (κ2) is 11.8. The number of esters is 1. The highest BCUT2D eigenvalue weighted by atomic mass is 16.5. The van der Waals surface area contributed by atoms with Gasteiger partial charge < -0.3 is 15.0 Å². The largest absolute Gasteiger partial charge is 0.463 e. The number of pyridine rings is 1. The van der Waals surface area contributed by atoms with Crippen molar-refractivity contribution in [2.24, 2.45) is 5.41 Å². The van der Waals surface area contributed by atoms with Crippen molar-refractivity contribution < 1.29 is 14.3 Å². The first-order valence-electron chi connectivity index (χ1n) is 14.6. The minimum absolute atomic E-state index is 0.103. The van der Waals surface area contributed by atoms with Crippen LogP contribution in [0.5, 0.6) is 0 Å². The van der Waals surface area contributed by atoms with Crippen molar-refractivity contribution in [2.75, 3.05) is 18.0 Å². The summed E-state index contributed by atoms with van der Waals surface area (Å²) in [5.74, 6) is -0.328. The molecule has 1 aliphatic carbocycles. The monoisotopic (exact) mass is 539 g/mol. The summed E-state index contributed by atoms with van der Waals surface area (Å²) in [6.07, 6.45) is 6.38. The van der Waals surface area contributed by atoms with E-state index < -0.39 is 0 Å². The van der Waals surface area contributed by atoms with Crippen molar-refractivity contribution in [3.05, 3.63) is 82.7 Å². The van der Waals surface area contributed by atoms with Gasteiger partial charge in [-0.2, -0.15) is 0 Å². The second-order valence-corrected chi connectivity index (χ2v) is 11.8. The van der Waals surface area contributed by atoms with Gasteiger partial charge in [0.2, 0.25) is 0 Å². The number of ether oxygens (including phenoxy) is 1. The molecule has 1 N–H and O–H groups in total. The molecule has 6 nitrogen and oxygen atoms in total. The summed E-state index contributed by atoms with van der Waals surface area (Å²) in [5.41, 5.74) is 7.97. The predicted molar refractivity (Wildman–Crippen MR) is 159 cm³/mol. The van der Waals surface area contributed by atoms with E-state index in [1.807, 2.05) is 82.3 Å². The number of hydrogen-bond donors (Lipinski definition) is 1. The van der Waals surface area contributed by atoms with E-state index in [4.69, 9.17) is 9.72 Å². The van der Waals surface area contributed by atoms with Gasteiger partial charge >= 0.3 is 5.97 Å². The Labute approximate surface area is 238 Å². The van der Waals surface area contributed by atoms with Crippen LogP contribution in [-0.4, -0.2) is 36.1 Å². The Balaban J connectivity index is 1.48. The lowest BCUT2D eigenvalue weighted by Gasteiger charge is -2.30.